The van der Waals surface area contributed by atoms with Crippen molar-refractivity contribution in [3.05, 3.63) is 253 Å². The molecule has 0 N–H and O–H groups in total. The summed E-state index contributed by atoms with van der Waals surface area (Å²) in [5.74, 6) is -9.96. The van der Waals surface area contributed by atoms with E-state index in [4.69, 9.17) is 29.9 Å². The lowest BCUT2D eigenvalue weighted by Crippen LogP contribution is -2.14. The number of aromatic nitrogens is 8. The topological polar surface area (TPSA) is 87.2 Å². The molecule has 14 rings (SSSR count). The highest BCUT2D eigenvalue weighted by Gasteiger charge is 2.38. The molecule has 0 saturated heterocycles. The fourth-order valence-electron chi connectivity index (χ4n) is 10.8. The second-order valence-electron chi connectivity index (χ2n) is 19.6. The van der Waals surface area contributed by atoms with Gasteiger partial charge in [-0.2, -0.15) is 13.2 Å². The molecule has 8 nitrogen and oxygen atoms in total. The number of para-hydroxylation sites is 2. The van der Waals surface area contributed by atoms with E-state index in [0.717, 1.165) is 6.07 Å². The number of rotatable bonds is 9. The van der Waals surface area contributed by atoms with E-state index in [-0.39, 0.29) is 33.7 Å². The molecule has 400 valence electrons. The zero-order valence-electron chi connectivity index (χ0n) is 42.9. The molecule has 4 heterocycles. The summed E-state index contributed by atoms with van der Waals surface area (Å²) < 4.78 is 133. The van der Waals surface area contributed by atoms with Gasteiger partial charge < -0.3 is 9.13 Å². The van der Waals surface area contributed by atoms with Crippen molar-refractivity contribution in [2.45, 2.75) is 6.18 Å². The lowest BCUT2D eigenvalue weighted by Gasteiger charge is -2.23. The molecule has 10 aromatic carbocycles. The third kappa shape index (κ3) is 8.61. The van der Waals surface area contributed by atoms with Crippen molar-refractivity contribution >= 4 is 43.6 Å². The maximum Gasteiger partial charge on any atom is 0.418 e. The number of fused-ring (bicyclic) bond motifs is 6. The van der Waals surface area contributed by atoms with Crippen molar-refractivity contribution in [2.24, 2.45) is 0 Å². The van der Waals surface area contributed by atoms with Crippen LogP contribution in [0, 0.1) is 29.1 Å². The first kappa shape index (κ1) is 50.5. The number of benzene rings is 10. The first-order valence-corrected chi connectivity index (χ1v) is 26.0. The van der Waals surface area contributed by atoms with Crippen LogP contribution in [-0.4, -0.2) is 39.0 Å². The Bertz CT molecular complexity index is 4750. The summed E-state index contributed by atoms with van der Waals surface area (Å²) in [4.78, 5) is 29.0. The summed E-state index contributed by atoms with van der Waals surface area (Å²) in [6, 6.07) is 61.5. The maximum absolute atomic E-state index is 16.8. The van der Waals surface area contributed by atoms with E-state index in [9.17, 15) is 0 Å². The number of hydrogen-bond donors (Lipinski definition) is 0. The standard InChI is InChI=1S/C67H36F8N8/c68-56-55(57(69)59(71)60(72)58(56)70)47-35-54(83-50-28-16-14-26-44(50)46-32-30-42(34-52(46)83)66-80-63(39-21-9-3-10-22-39)77-64(81-66)40-23-11-4-12-24-40)48(67(73,74)75)36-53(47)82-49-27-15-13-25-43(49)45-31-29-41(33-51(45)82)65-78-61(37-17-5-1-6-18-37)76-62(79-65)38-19-7-2-8-20-38/h1-36H. The molecule has 0 saturated carbocycles. The summed E-state index contributed by atoms with van der Waals surface area (Å²) in [5.41, 5.74) is -0.619. The van der Waals surface area contributed by atoms with Gasteiger partial charge in [-0.05, 0) is 36.4 Å². The van der Waals surface area contributed by atoms with Crippen LogP contribution in [-0.2, 0) is 6.18 Å². The van der Waals surface area contributed by atoms with E-state index < -0.39 is 63.3 Å². The van der Waals surface area contributed by atoms with Gasteiger partial charge in [0.1, 0.15) is 0 Å². The molecule has 14 aromatic rings. The van der Waals surface area contributed by atoms with Crippen molar-refractivity contribution in [1.29, 1.82) is 0 Å². The molecule has 0 aliphatic heterocycles. The molecule has 0 fully saturated rings. The van der Waals surface area contributed by atoms with Gasteiger partial charge in [-0.25, -0.2) is 51.9 Å². The lowest BCUT2D eigenvalue weighted by atomic mass is 9.97. The smallest absolute Gasteiger partial charge is 0.309 e. The highest BCUT2D eigenvalue weighted by atomic mass is 19.4. The minimum atomic E-state index is -5.24. The second-order valence-corrected chi connectivity index (χ2v) is 19.6. The van der Waals surface area contributed by atoms with Gasteiger partial charge in [0.15, 0.2) is 58.2 Å². The van der Waals surface area contributed by atoms with Crippen LogP contribution in [0.15, 0.2) is 218 Å². The summed E-state index contributed by atoms with van der Waals surface area (Å²) in [5, 5.41) is 1.89. The highest BCUT2D eigenvalue weighted by molar-refractivity contribution is 6.12. The summed E-state index contributed by atoms with van der Waals surface area (Å²) >= 11 is 0. The van der Waals surface area contributed by atoms with E-state index in [1.807, 2.05) is 121 Å². The molecule has 0 atom stereocenters. The third-order valence-electron chi connectivity index (χ3n) is 14.6. The van der Waals surface area contributed by atoms with Crippen LogP contribution < -0.4 is 0 Å². The van der Waals surface area contributed by atoms with E-state index >= 15 is 35.1 Å². The minimum Gasteiger partial charge on any atom is -0.309 e. The SMILES string of the molecule is Fc1c(F)c(F)c(-c2cc(-n3c4ccccc4c4ccc(-c5nc(-c6ccccc6)nc(-c6ccccc6)n5)cc43)c(C(F)(F)F)cc2-n2c3ccccc3c3ccc(-c4nc(-c5ccccc5)nc(-c5ccccc5)n4)cc32)c(F)c1F. The average Bonchev–Trinajstić information content (AvgIpc) is 2.28. The molecule has 83 heavy (non-hydrogen) atoms. The zero-order chi connectivity index (χ0) is 56.7. The van der Waals surface area contributed by atoms with Crippen LogP contribution in [0.25, 0.3) is 134 Å². The summed E-state index contributed by atoms with van der Waals surface area (Å²) in [6.45, 7) is 0. The van der Waals surface area contributed by atoms with Gasteiger partial charge in [0.25, 0.3) is 0 Å². The summed E-state index contributed by atoms with van der Waals surface area (Å²) in [7, 11) is 0. The Kier molecular flexibility index (Phi) is 12.0. The molecular formula is C67H36F8N8. The van der Waals surface area contributed by atoms with Gasteiger partial charge >= 0.3 is 6.18 Å². The molecule has 16 heteroatoms. The van der Waals surface area contributed by atoms with Gasteiger partial charge in [0.2, 0.25) is 5.82 Å². The molecule has 0 radical (unpaired) electrons. The largest absolute Gasteiger partial charge is 0.418 e. The first-order valence-electron chi connectivity index (χ1n) is 26.0. The van der Waals surface area contributed by atoms with E-state index in [1.165, 1.54) is 9.13 Å². The van der Waals surface area contributed by atoms with E-state index in [2.05, 4.69) is 0 Å². The molecule has 0 unspecified atom stereocenters. The number of hydrogen-bond acceptors (Lipinski definition) is 6. The number of alkyl halides is 3. The molecular weight excluding hydrogens is 1070 g/mol. The predicted octanol–water partition coefficient (Wildman–Crippen LogP) is 17.6. The van der Waals surface area contributed by atoms with Crippen LogP contribution in [0.1, 0.15) is 5.56 Å². The van der Waals surface area contributed by atoms with Gasteiger partial charge in [-0.15, -0.1) is 0 Å². The quantitative estimate of drug-likeness (QED) is 0.0813. The number of nitrogens with zero attached hydrogens (tertiary/aromatic N) is 8. The Labute approximate surface area is 466 Å². The summed E-state index contributed by atoms with van der Waals surface area (Å²) in [6.07, 6.45) is -5.24. The minimum absolute atomic E-state index is 0.164. The van der Waals surface area contributed by atoms with E-state index in [0.29, 0.717) is 84.3 Å². The molecule has 0 bridgehead atoms. The van der Waals surface area contributed by atoms with Gasteiger partial charge in [-0.1, -0.05) is 182 Å². The maximum atomic E-state index is 16.8. The molecule has 0 spiro atoms. The van der Waals surface area contributed by atoms with Crippen molar-refractivity contribution in [3.63, 3.8) is 0 Å². The molecule has 4 aromatic heterocycles. The Balaban J connectivity index is 1.06. The molecule has 0 aliphatic carbocycles. The van der Waals surface area contributed by atoms with E-state index in [1.54, 1.807) is 84.9 Å². The van der Waals surface area contributed by atoms with Gasteiger partial charge in [-0.3, -0.25) is 0 Å². The predicted molar refractivity (Wildman–Crippen MR) is 305 cm³/mol. The molecule has 0 amide bonds. The Morgan fingerprint density at radius 2 is 0.590 bits per heavy atom. The fraction of sp³-hybridized carbons (Fsp3) is 0.0149. The number of halogens is 8. The van der Waals surface area contributed by atoms with Crippen LogP contribution in [0.2, 0.25) is 0 Å². The molecule has 0 aliphatic rings. The van der Waals surface area contributed by atoms with Crippen molar-refractivity contribution < 1.29 is 35.1 Å². The monoisotopic (exact) mass is 1100 g/mol. The second kappa shape index (κ2) is 19.8. The average molecular weight is 1110 g/mol. The van der Waals surface area contributed by atoms with Gasteiger partial charge in [0, 0.05) is 60.5 Å². The van der Waals surface area contributed by atoms with Crippen molar-refractivity contribution in [2.75, 3.05) is 0 Å². The normalized spacial score (nSPS) is 11.9. The Morgan fingerprint density at radius 3 is 0.964 bits per heavy atom. The Morgan fingerprint density at radius 1 is 0.277 bits per heavy atom. The fourth-order valence-corrected chi connectivity index (χ4v) is 10.8. The van der Waals surface area contributed by atoms with Crippen LogP contribution in [0.4, 0.5) is 35.1 Å². The van der Waals surface area contributed by atoms with Crippen molar-refractivity contribution in [3.8, 4) is 90.8 Å². The third-order valence-corrected chi connectivity index (χ3v) is 14.6. The van der Waals surface area contributed by atoms with Crippen molar-refractivity contribution in [1.82, 2.24) is 39.0 Å². The van der Waals surface area contributed by atoms with Crippen LogP contribution in [0.5, 0.6) is 0 Å². The van der Waals surface area contributed by atoms with Gasteiger partial charge in [0.05, 0.1) is 44.6 Å². The first-order chi connectivity index (χ1) is 40.4. The van der Waals surface area contributed by atoms with Crippen LogP contribution >= 0.6 is 0 Å². The Hall–Kier alpha value is -10.7. The highest BCUT2D eigenvalue weighted by Crippen LogP contribution is 2.47. The lowest BCUT2D eigenvalue weighted by molar-refractivity contribution is -0.137. The van der Waals surface area contributed by atoms with Crippen LogP contribution in [0.3, 0.4) is 0 Å². The zero-order valence-corrected chi connectivity index (χ0v) is 42.9.